The van der Waals surface area contributed by atoms with Crippen LogP contribution in [0.4, 0.5) is 9.18 Å². The summed E-state index contributed by atoms with van der Waals surface area (Å²) in [6.45, 7) is 0.888. The standard InChI is InChI=1S/C19H21FN4O3/c1-18(13-7-3-4-8-14(13)20)16(26)24(17(27)23-18)11-15(25)22-19(12-21)9-5-2-6-10-19/h3-4,7-8H,2,5-6,9-11H2,1H3,(H,22,25)(H,23,27)/t18-/m1/s1. The molecule has 1 aliphatic heterocycles. The molecule has 1 atom stereocenters. The van der Waals surface area contributed by atoms with Crippen LogP contribution in [-0.2, 0) is 15.1 Å². The SMILES string of the molecule is C[C@]1(c2ccccc2F)NC(=O)N(CC(=O)NC2(C#N)CCCCC2)C1=O. The molecule has 0 aromatic heterocycles. The van der Waals surface area contributed by atoms with E-state index >= 15 is 0 Å². The van der Waals surface area contributed by atoms with Gasteiger partial charge in [-0.2, -0.15) is 5.26 Å². The Hall–Kier alpha value is -2.95. The molecule has 0 unspecified atom stereocenters. The molecule has 0 radical (unpaired) electrons. The highest BCUT2D eigenvalue weighted by molar-refractivity contribution is 6.09. The molecule has 8 heteroatoms. The Morgan fingerprint density at radius 3 is 2.59 bits per heavy atom. The molecule has 1 saturated heterocycles. The molecule has 0 spiro atoms. The fraction of sp³-hybridized carbons (Fsp3) is 0.474. The minimum atomic E-state index is -1.58. The monoisotopic (exact) mass is 372 g/mol. The summed E-state index contributed by atoms with van der Waals surface area (Å²) in [4.78, 5) is 38.3. The van der Waals surface area contributed by atoms with Gasteiger partial charge in [-0.3, -0.25) is 14.5 Å². The second-order valence-electron chi connectivity index (χ2n) is 7.23. The Bertz CT molecular complexity index is 828. The number of urea groups is 1. The third kappa shape index (κ3) is 3.37. The quantitative estimate of drug-likeness (QED) is 0.789. The predicted octanol–water partition coefficient (Wildman–Crippen LogP) is 1.94. The largest absolute Gasteiger partial charge is 0.336 e. The Morgan fingerprint density at radius 2 is 1.96 bits per heavy atom. The third-order valence-electron chi connectivity index (χ3n) is 5.29. The maximum absolute atomic E-state index is 14.1. The Balaban J connectivity index is 1.75. The highest BCUT2D eigenvalue weighted by Crippen LogP contribution is 2.31. The first kappa shape index (κ1) is 18.8. The molecule has 1 aromatic carbocycles. The van der Waals surface area contributed by atoms with Gasteiger partial charge in [0, 0.05) is 5.56 Å². The molecule has 7 nitrogen and oxygen atoms in total. The van der Waals surface area contributed by atoms with E-state index in [0.29, 0.717) is 12.8 Å². The van der Waals surface area contributed by atoms with E-state index in [-0.39, 0.29) is 5.56 Å². The zero-order valence-electron chi connectivity index (χ0n) is 15.0. The average molecular weight is 372 g/mol. The number of hydrogen-bond acceptors (Lipinski definition) is 4. The summed E-state index contributed by atoms with van der Waals surface area (Å²) in [6.07, 6.45) is 3.77. The smallest absolute Gasteiger partial charge is 0.325 e. The number of carbonyl (C=O) groups is 3. The normalized spacial score (nSPS) is 24.3. The van der Waals surface area contributed by atoms with Gasteiger partial charge in [0.05, 0.1) is 6.07 Å². The van der Waals surface area contributed by atoms with E-state index in [4.69, 9.17) is 0 Å². The molecule has 0 bridgehead atoms. The molecule has 1 heterocycles. The van der Waals surface area contributed by atoms with E-state index < -0.39 is 41.3 Å². The summed E-state index contributed by atoms with van der Waals surface area (Å²) in [5.74, 6) is -1.91. The van der Waals surface area contributed by atoms with Crippen LogP contribution in [0.3, 0.4) is 0 Å². The van der Waals surface area contributed by atoms with Crippen LogP contribution in [0.25, 0.3) is 0 Å². The van der Waals surface area contributed by atoms with Crippen LogP contribution >= 0.6 is 0 Å². The van der Waals surface area contributed by atoms with Crippen LogP contribution in [0.5, 0.6) is 0 Å². The van der Waals surface area contributed by atoms with Crippen LogP contribution < -0.4 is 10.6 Å². The lowest BCUT2D eigenvalue weighted by atomic mass is 9.83. The molecule has 1 saturated carbocycles. The average Bonchev–Trinajstić information content (AvgIpc) is 2.86. The summed E-state index contributed by atoms with van der Waals surface area (Å²) < 4.78 is 14.1. The Morgan fingerprint density at radius 1 is 1.30 bits per heavy atom. The molecule has 4 amide bonds. The van der Waals surface area contributed by atoms with Gasteiger partial charge in [-0.05, 0) is 25.8 Å². The summed E-state index contributed by atoms with van der Waals surface area (Å²) >= 11 is 0. The van der Waals surface area contributed by atoms with Gasteiger partial charge in [-0.25, -0.2) is 9.18 Å². The van der Waals surface area contributed by atoms with Gasteiger partial charge in [0.15, 0.2) is 0 Å². The Kier molecular flexibility index (Phi) is 4.87. The Labute approximate surface area is 156 Å². The van der Waals surface area contributed by atoms with Crippen molar-refractivity contribution in [2.45, 2.75) is 50.1 Å². The number of nitrogens with zero attached hydrogens (tertiary/aromatic N) is 2. The molecule has 27 heavy (non-hydrogen) atoms. The van der Waals surface area contributed by atoms with Crippen LogP contribution in [0.1, 0.15) is 44.6 Å². The number of halogens is 1. The molecule has 142 valence electrons. The number of amides is 4. The lowest BCUT2D eigenvalue weighted by Gasteiger charge is -2.32. The van der Waals surface area contributed by atoms with Gasteiger partial charge >= 0.3 is 6.03 Å². The van der Waals surface area contributed by atoms with Crippen LogP contribution in [0, 0.1) is 17.1 Å². The number of imide groups is 1. The molecular weight excluding hydrogens is 351 g/mol. The van der Waals surface area contributed by atoms with Crippen LogP contribution in [0.15, 0.2) is 24.3 Å². The van der Waals surface area contributed by atoms with Crippen molar-refractivity contribution >= 4 is 17.8 Å². The fourth-order valence-electron chi connectivity index (χ4n) is 3.76. The first-order valence-electron chi connectivity index (χ1n) is 8.93. The van der Waals surface area contributed by atoms with E-state index in [2.05, 4.69) is 16.7 Å². The predicted molar refractivity (Wildman–Crippen MR) is 93.6 cm³/mol. The topological polar surface area (TPSA) is 102 Å². The highest BCUT2D eigenvalue weighted by atomic mass is 19.1. The van der Waals surface area contributed by atoms with E-state index in [0.717, 1.165) is 24.2 Å². The fourth-order valence-corrected chi connectivity index (χ4v) is 3.76. The lowest BCUT2D eigenvalue weighted by Crippen LogP contribution is -2.52. The van der Waals surface area contributed by atoms with Gasteiger partial charge in [-0.15, -0.1) is 0 Å². The number of rotatable bonds is 4. The first-order chi connectivity index (χ1) is 12.8. The van der Waals surface area contributed by atoms with Crippen molar-refractivity contribution in [3.05, 3.63) is 35.6 Å². The second kappa shape index (κ2) is 6.99. The summed E-state index contributed by atoms with van der Waals surface area (Å²) in [7, 11) is 0. The van der Waals surface area contributed by atoms with Gasteiger partial charge in [0.2, 0.25) is 5.91 Å². The number of nitriles is 1. The molecular formula is C19H21FN4O3. The number of nitrogens with one attached hydrogen (secondary N) is 2. The molecule has 3 rings (SSSR count). The lowest BCUT2D eigenvalue weighted by molar-refractivity contribution is -0.135. The molecule has 1 aliphatic carbocycles. The van der Waals surface area contributed by atoms with E-state index in [1.807, 2.05) is 0 Å². The minimum absolute atomic E-state index is 0.0343. The maximum Gasteiger partial charge on any atom is 0.325 e. The van der Waals surface area contributed by atoms with Gasteiger partial charge in [0.25, 0.3) is 5.91 Å². The maximum atomic E-state index is 14.1. The molecule has 2 fully saturated rings. The molecule has 2 N–H and O–H groups in total. The second-order valence-corrected chi connectivity index (χ2v) is 7.23. The summed E-state index contributed by atoms with van der Waals surface area (Å²) in [6, 6.07) is 7.07. The summed E-state index contributed by atoms with van der Waals surface area (Å²) in [5.41, 5.74) is -2.50. The van der Waals surface area contributed by atoms with Gasteiger partial charge in [0.1, 0.15) is 23.4 Å². The van der Waals surface area contributed by atoms with Crippen molar-refractivity contribution < 1.29 is 18.8 Å². The van der Waals surface area contributed by atoms with Crippen molar-refractivity contribution in [2.75, 3.05) is 6.54 Å². The van der Waals surface area contributed by atoms with Crippen molar-refractivity contribution in [3.63, 3.8) is 0 Å². The zero-order chi connectivity index (χ0) is 19.7. The first-order valence-corrected chi connectivity index (χ1v) is 8.93. The van der Waals surface area contributed by atoms with Gasteiger partial charge in [-0.1, -0.05) is 37.5 Å². The van der Waals surface area contributed by atoms with E-state index in [1.165, 1.54) is 25.1 Å². The number of benzene rings is 1. The highest BCUT2D eigenvalue weighted by Gasteiger charge is 2.51. The third-order valence-corrected chi connectivity index (χ3v) is 5.29. The van der Waals surface area contributed by atoms with E-state index in [1.54, 1.807) is 6.07 Å². The molecule has 1 aromatic rings. The van der Waals surface area contributed by atoms with Crippen LogP contribution in [0.2, 0.25) is 0 Å². The van der Waals surface area contributed by atoms with Crippen molar-refractivity contribution in [1.82, 2.24) is 15.5 Å². The van der Waals surface area contributed by atoms with Gasteiger partial charge < -0.3 is 10.6 Å². The minimum Gasteiger partial charge on any atom is -0.336 e. The van der Waals surface area contributed by atoms with E-state index in [9.17, 15) is 24.0 Å². The summed E-state index contributed by atoms with van der Waals surface area (Å²) in [5, 5.41) is 14.6. The number of hydrogen-bond donors (Lipinski definition) is 2. The van der Waals surface area contributed by atoms with Crippen LogP contribution in [-0.4, -0.2) is 34.8 Å². The van der Waals surface area contributed by atoms with Crippen molar-refractivity contribution in [3.8, 4) is 6.07 Å². The number of carbonyl (C=O) groups excluding carboxylic acids is 3. The van der Waals surface area contributed by atoms with Crippen molar-refractivity contribution in [1.29, 1.82) is 5.26 Å². The zero-order valence-corrected chi connectivity index (χ0v) is 15.0. The molecule has 2 aliphatic rings. The van der Waals surface area contributed by atoms with Crippen molar-refractivity contribution in [2.24, 2.45) is 0 Å².